The van der Waals surface area contributed by atoms with Gasteiger partial charge in [0, 0.05) is 16.5 Å². The van der Waals surface area contributed by atoms with Crippen molar-refractivity contribution in [1.82, 2.24) is 0 Å². The molecule has 2 unspecified atom stereocenters. The minimum absolute atomic E-state index is 0.275. The Morgan fingerprint density at radius 2 is 1.07 bits per heavy atom. The molecular formula is C36H44O4. The molecule has 0 spiro atoms. The molecule has 2 atom stereocenters. The van der Waals surface area contributed by atoms with Crippen molar-refractivity contribution in [2.75, 3.05) is 26.4 Å². The number of hydrogen-bond acceptors (Lipinski definition) is 4. The van der Waals surface area contributed by atoms with Crippen LogP contribution in [0.2, 0.25) is 0 Å². The van der Waals surface area contributed by atoms with Crippen LogP contribution in [0.15, 0.2) is 24.3 Å². The largest absolute Gasteiger partial charge is 0.490 e. The van der Waals surface area contributed by atoms with E-state index < -0.39 is 0 Å². The molecule has 0 radical (unpaired) electrons. The van der Waals surface area contributed by atoms with Crippen molar-refractivity contribution in [2.24, 2.45) is 35.5 Å². The van der Waals surface area contributed by atoms with Crippen LogP contribution in [0.1, 0.15) is 88.2 Å². The molecule has 40 heavy (non-hydrogen) atoms. The van der Waals surface area contributed by atoms with Crippen LogP contribution in [-0.2, 0) is 20.3 Å². The summed E-state index contributed by atoms with van der Waals surface area (Å²) in [5.74, 6) is 7.77. The van der Waals surface area contributed by atoms with E-state index in [4.69, 9.17) is 18.9 Å². The average Bonchev–Trinajstić information content (AvgIpc) is 3.84. The van der Waals surface area contributed by atoms with Gasteiger partial charge in [-0.1, -0.05) is 6.07 Å². The van der Waals surface area contributed by atoms with Gasteiger partial charge in [0.2, 0.25) is 0 Å². The molecule has 2 aliphatic heterocycles. The number of benzene rings is 2. The van der Waals surface area contributed by atoms with Crippen LogP contribution < -0.4 is 9.47 Å². The highest BCUT2D eigenvalue weighted by molar-refractivity contribution is 5.91. The van der Waals surface area contributed by atoms with Crippen molar-refractivity contribution in [3.05, 3.63) is 35.4 Å². The van der Waals surface area contributed by atoms with Gasteiger partial charge in [0.25, 0.3) is 0 Å². The molecule has 10 aliphatic rings. The van der Waals surface area contributed by atoms with E-state index in [0.717, 1.165) is 60.2 Å². The summed E-state index contributed by atoms with van der Waals surface area (Å²) in [6.45, 7) is 3.08. The number of epoxide rings is 2. The molecule has 4 heteroatoms. The Bertz CT molecular complexity index is 1270. The Labute approximate surface area is 238 Å². The Morgan fingerprint density at radius 3 is 1.57 bits per heavy atom. The van der Waals surface area contributed by atoms with Crippen molar-refractivity contribution in [2.45, 2.75) is 100 Å². The van der Waals surface area contributed by atoms with E-state index in [0.29, 0.717) is 18.6 Å². The molecule has 2 heterocycles. The zero-order valence-corrected chi connectivity index (χ0v) is 23.9. The molecule has 10 fully saturated rings. The molecule has 2 aromatic rings. The second kappa shape index (κ2) is 8.40. The van der Waals surface area contributed by atoms with Crippen molar-refractivity contribution in [3.63, 3.8) is 0 Å². The second-order valence-electron chi connectivity index (χ2n) is 15.9. The van der Waals surface area contributed by atoms with Gasteiger partial charge >= 0.3 is 0 Å². The minimum atomic E-state index is 0.275. The number of hydrogen-bond donors (Lipinski definition) is 0. The first-order chi connectivity index (χ1) is 19.6. The van der Waals surface area contributed by atoms with Gasteiger partial charge in [-0.3, -0.25) is 0 Å². The quantitative estimate of drug-likeness (QED) is 0.329. The summed E-state index contributed by atoms with van der Waals surface area (Å²) >= 11 is 0. The molecule has 0 aromatic heterocycles. The Morgan fingerprint density at radius 1 is 0.600 bits per heavy atom. The lowest BCUT2D eigenvalue weighted by molar-refractivity contribution is -0.00696. The third-order valence-corrected chi connectivity index (χ3v) is 12.9. The maximum absolute atomic E-state index is 6.69. The van der Waals surface area contributed by atoms with Crippen LogP contribution in [0.5, 0.6) is 11.5 Å². The van der Waals surface area contributed by atoms with Crippen molar-refractivity contribution >= 4 is 10.8 Å². The predicted octanol–water partition coefficient (Wildman–Crippen LogP) is 7.33. The van der Waals surface area contributed by atoms with Crippen LogP contribution in [0.4, 0.5) is 0 Å². The lowest BCUT2D eigenvalue weighted by atomic mass is 9.47. The molecule has 0 amide bonds. The first kappa shape index (κ1) is 23.7. The summed E-state index contributed by atoms with van der Waals surface area (Å²) < 4.78 is 24.5. The first-order valence-electron chi connectivity index (χ1n) is 16.7. The molecule has 212 valence electrons. The smallest absolute Gasteiger partial charge is 0.123 e. The van der Waals surface area contributed by atoms with Gasteiger partial charge in [0.15, 0.2) is 0 Å². The molecule has 2 saturated heterocycles. The fourth-order valence-corrected chi connectivity index (χ4v) is 12.1. The van der Waals surface area contributed by atoms with Crippen molar-refractivity contribution in [3.8, 4) is 11.5 Å². The van der Waals surface area contributed by atoms with Crippen LogP contribution >= 0.6 is 0 Å². The zero-order valence-electron chi connectivity index (χ0n) is 23.9. The van der Waals surface area contributed by atoms with E-state index in [9.17, 15) is 0 Å². The summed E-state index contributed by atoms with van der Waals surface area (Å²) in [6.07, 6.45) is 17.5. The highest BCUT2D eigenvalue weighted by Crippen LogP contribution is 2.65. The molecule has 8 saturated carbocycles. The number of rotatable bonds is 8. The fourth-order valence-electron chi connectivity index (χ4n) is 12.1. The van der Waals surface area contributed by atoms with Crippen molar-refractivity contribution < 1.29 is 18.9 Å². The SMILES string of the molecule is c1cc2cc(OCC3CO3)c(C34CC5CC(CC(C5)C3)C4)cc2c(C23CC4CC(CC(C4)C2)C3)c1OCC1CO1. The Hall–Kier alpha value is -1.78. The van der Waals surface area contributed by atoms with Gasteiger partial charge in [-0.2, -0.15) is 0 Å². The van der Waals surface area contributed by atoms with E-state index >= 15 is 0 Å². The monoisotopic (exact) mass is 540 g/mol. The highest BCUT2D eigenvalue weighted by atomic mass is 16.6. The van der Waals surface area contributed by atoms with Crippen LogP contribution in [0.25, 0.3) is 10.8 Å². The second-order valence-corrected chi connectivity index (χ2v) is 15.9. The van der Waals surface area contributed by atoms with Crippen LogP contribution in [0, 0.1) is 35.5 Å². The van der Waals surface area contributed by atoms with Gasteiger partial charge in [-0.25, -0.2) is 0 Å². The lowest BCUT2D eigenvalue weighted by Crippen LogP contribution is -2.49. The molecule has 2 aromatic carbocycles. The van der Waals surface area contributed by atoms with E-state index in [1.807, 2.05) is 0 Å². The zero-order chi connectivity index (χ0) is 26.1. The average molecular weight is 541 g/mol. The molecular weight excluding hydrogens is 496 g/mol. The van der Waals surface area contributed by atoms with Gasteiger partial charge < -0.3 is 18.9 Å². The highest BCUT2D eigenvalue weighted by Gasteiger charge is 2.55. The molecule has 0 N–H and O–H groups in total. The summed E-state index contributed by atoms with van der Waals surface area (Å²) in [7, 11) is 0. The maximum Gasteiger partial charge on any atom is 0.123 e. The molecule has 12 rings (SSSR count). The summed E-state index contributed by atoms with van der Waals surface area (Å²) in [4.78, 5) is 0. The van der Waals surface area contributed by atoms with Crippen LogP contribution in [0.3, 0.4) is 0 Å². The summed E-state index contributed by atoms with van der Waals surface area (Å²) in [5.41, 5.74) is 3.66. The van der Waals surface area contributed by atoms with E-state index in [1.165, 1.54) is 93.4 Å². The summed E-state index contributed by atoms with van der Waals surface area (Å²) in [5, 5.41) is 2.83. The number of ether oxygens (including phenoxy) is 4. The predicted molar refractivity (Wildman–Crippen MR) is 154 cm³/mol. The van der Waals surface area contributed by atoms with Gasteiger partial charge in [0.1, 0.15) is 36.9 Å². The molecule has 8 aliphatic carbocycles. The molecule has 4 nitrogen and oxygen atoms in total. The third kappa shape index (κ3) is 3.77. The fraction of sp³-hybridized carbons (Fsp3) is 0.722. The molecule has 8 bridgehead atoms. The van der Waals surface area contributed by atoms with Gasteiger partial charge in [-0.15, -0.1) is 0 Å². The van der Waals surface area contributed by atoms with E-state index in [1.54, 1.807) is 5.56 Å². The summed E-state index contributed by atoms with van der Waals surface area (Å²) in [6, 6.07) is 9.73. The van der Waals surface area contributed by atoms with Crippen molar-refractivity contribution in [1.29, 1.82) is 0 Å². The first-order valence-corrected chi connectivity index (χ1v) is 16.7. The van der Waals surface area contributed by atoms with Gasteiger partial charge in [-0.05, 0) is 147 Å². The maximum atomic E-state index is 6.69. The van der Waals surface area contributed by atoms with E-state index in [-0.39, 0.29) is 17.6 Å². The lowest BCUT2D eigenvalue weighted by Gasteiger charge is -2.58. The Balaban J connectivity index is 1.16. The normalized spacial score (nSPS) is 45.3. The van der Waals surface area contributed by atoms with E-state index in [2.05, 4.69) is 24.3 Å². The minimum Gasteiger partial charge on any atom is -0.490 e. The standard InChI is InChI=1S/C36H44O4/c1-2-32(39-19-28-17-37-28)34(36-14-24-6-25(15-36)8-26(7-24)16-36)30-10-31(33(9-27(1)30)40-20-29-18-38-29)35-11-21-3-22(12-35)5-23(4-21)13-35/h1-2,9-10,21-26,28-29H,3-8,11-20H2. The van der Waals surface area contributed by atoms with Crippen LogP contribution in [-0.4, -0.2) is 38.6 Å². The Kier molecular flexibility index (Phi) is 4.99. The number of fused-ring (bicyclic) bond motifs is 1. The van der Waals surface area contributed by atoms with Gasteiger partial charge in [0.05, 0.1) is 13.2 Å². The topological polar surface area (TPSA) is 43.5 Å². The third-order valence-electron chi connectivity index (χ3n) is 12.9.